The Bertz CT molecular complexity index is 1170. The Hall–Kier alpha value is -2.18. The van der Waals surface area contributed by atoms with Gasteiger partial charge in [-0.05, 0) is 60.1 Å². The number of nitrogens with one attached hydrogen (secondary N) is 1. The third-order valence-corrected chi connectivity index (χ3v) is 8.02. The SMILES string of the molecule is CC(C)CNC(=O)C(Cc1ccccc1)N(Cc1c(Cl)cccc1Cl)C(=O)CCCSc1ccc(Cl)cc1. The van der Waals surface area contributed by atoms with Crippen LogP contribution in [0.5, 0.6) is 0 Å². The third-order valence-electron chi connectivity index (χ3n) is 5.96. The van der Waals surface area contributed by atoms with Crippen molar-refractivity contribution in [2.24, 2.45) is 5.92 Å². The molecule has 202 valence electrons. The number of thioether (sulfide) groups is 1. The van der Waals surface area contributed by atoms with Crippen molar-refractivity contribution < 1.29 is 9.59 Å². The van der Waals surface area contributed by atoms with Gasteiger partial charge in [0, 0.05) is 51.5 Å². The van der Waals surface area contributed by atoms with Crippen molar-refractivity contribution in [1.82, 2.24) is 10.2 Å². The van der Waals surface area contributed by atoms with E-state index in [4.69, 9.17) is 34.8 Å². The molecule has 1 unspecified atom stereocenters. The minimum absolute atomic E-state index is 0.113. The molecule has 4 nitrogen and oxygen atoms in total. The fourth-order valence-corrected chi connectivity index (χ4v) is 5.41. The van der Waals surface area contributed by atoms with E-state index in [0.29, 0.717) is 46.4 Å². The highest BCUT2D eigenvalue weighted by Crippen LogP contribution is 2.28. The predicted molar refractivity (Wildman–Crippen MR) is 160 cm³/mol. The summed E-state index contributed by atoms with van der Waals surface area (Å²) in [6.45, 7) is 4.75. The first-order valence-electron chi connectivity index (χ1n) is 12.7. The molecule has 0 spiro atoms. The van der Waals surface area contributed by atoms with Crippen molar-refractivity contribution in [2.75, 3.05) is 12.3 Å². The molecule has 0 aliphatic heterocycles. The molecule has 2 amide bonds. The number of rotatable bonds is 13. The van der Waals surface area contributed by atoms with Gasteiger partial charge in [0.25, 0.3) is 0 Å². The third kappa shape index (κ3) is 9.53. The number of hydrogen-bond donors (Lipinski definition) is 1. The maximum Gasteiger partial charge on any atom is 0.243 e. The Morgan fingerprint density at radius 1 is 0.895 bits per heavy atom. The van der Waals surface area contributed by atoms with Crippen LogP contribution in [0.25, 0.3) is 0 Å². The standard InChI is InChI=1S/C30H33Cl3N2O2S/c1-21(2)19-34-30(37)28(18-22-8-4-3-5-9-22)35(20-25-26(32)10-6-11-27(25)33)29(36)12-7-17-38-24-15-13-23(31)14-16-24/h3-6,8-11,13-16,21,28H,7,12,17-20H2,1-2H3,(H,34,37). The molecule has 0 fully saturated rings. The molecule has 0 radical (unpaired) electrons. The van der Waals surface area contributed by atoms with Gasteiger partial charge in [0.15, 0.2) is 0 Å². The van der Waals surface area contributed by atoms with Crippen molar-refractivity contribution in [3.63, 3.8) is 0 Å². The smallest absolute Gasteiger partial charge is 0.243 e. The van der Waals surface area contributed by atoms with E-state index in [0.717, 1.165) is 16.2 Å². The average Bonchev–Trinajstić information content (AvgIpc) is 2.90. The Labute approximate surface area is 245 Å². The van der Waals surface area contributed by atoms with Gasteiger partial charge in [-0.2, -0.15) is 0 Å². The maximum atomic E-state index is 13.7. The number of nitrogens with zero attached hydrogens (tertiary/aromatic N) is 1. The van der Waals surface area contributed by atoms with Crippen LogP contribution in [-0.4, -0.2) is 35.1 Å². The lowest BCUT2D eigenvalue weighted by molar-refractivity contribution is -0.141. The van der Waals surface area contributed by atoms with Gasteiger partial charge in [0.05, 0.1) is 0 Å². The quantitative estimate of drug-likeness (QED) is 0.162. The molecule has 0 saturated carbocycles. The second-order valence-electron chi connectivity index (χ2n) is 9.47. The Balaban J connectivity index is 1.83. The van der Waals surface area contributed by atoms with Crippen LogP contribution in [0.1, 0.15) is 37.8 Å². The molecule has 3 rings (SSSR count). The lowest BCUT2D eigenvalue weighted by Crippen LogP contribution is -2.51. The Kier molecular flexibility index (Phi) is 12.3. The minimum Gasteiger partial charge on any atom is -0.354 e. The van der Waals surface area contributed by atoms with E-state index in [1.807, 2.05) is 68.4 Å². The van der Waals surface area contributed by atoms with E-state index in [-0.39, 0.29) is 24.3 Å². The highest BCUT2D eigenvalue weighted by Gasteiger charge is 2.31. The van der Waals surface area contributed by atoms with Crippen LogP contribution >= 0.6 is 46.6 Å². The highest BCUT2D eigenvalue weighted by molar-refractivity contribution is 7.99. The summed E-state index contributed by atoms with van der Waals surface area (Å²) in [6.07, 6.45) is 1.34. The Morgan fingerprint density at radius 2 is 1.55 bits per heavy atom. The van der Waals surface area contributed by atoms with Crippen LogP contribution in [0, 0.1) is 5.92 Å². The van der Waals surface area contributed by atoms with Crippen molar-refractivity contribution in [1.29, 1.82) is 0 Å². The van der Waals surface area contributed by atoms with Gasteiger partial charge in [-0.25, -0.2) is 0 Å². The highest BCUT2D eigenvalue weighted by atomic mass is 35.5. The number of halogens is 3. The summed E-state index contributed by atoms with van der Waals surface area (Å²) in [4.78, 5) is 30.0. The fraction of sp³-hybridized carbons (Fsp3) is 0.333. The van der Waals surface area contributed by atoms with Crippen LogP contribution in [-0.2, 0) is 22.6 Å². The van der Waals surface area contributed by atoms with Crippen LogP contribution in [0.4, 0.5) is 0 Å². The van der Waals surface area contributed by atoms with E-state index in [1.54, 1.807) is 34.9 Å². The summed E-state index contributed by atoms with van der Waals surface area (Å²) in [5.41, 5.74) is 1.60. The van der Waals surface area contributed by atoms with Gasteiger partial charge in [-0.1, -0.05) is 85.0 Å². The molecule has 0 saturated heterocycles. The molecule has 3 aromatic carbocycles. The normalized spacial score (nSPS) is 11.8. The van der Waals surface area contributed by atoms with Crippen molar-refractivity contribution in [2.45, 2.75) is 50.6 Å². The van der Waals surface area contributed by atoms with Gasteiger partial charge in [-0.15, -0.1) is 11.8 Å². The van der Waals surface area contributed by atoms with Gasteiger partial charge < -0.3 is 10.2 Å². The van der Waals surface area contributed by atoms with Crippen LogP contribution in [0.15, 0.2) is 77.7 Å². The topological polar surface area (TPSA) is 49.4 Å². The summed E-state index contributed by atoms with van der Waals surface area (Å²) in [7, 11) is 0. The Morgan fingerprint density at radius 3 is 2.18 bits per heavy atom. The van der Waals surface area contributed by atoms with Crippen molar-refractivity contribution in [3.8, 4) is 0 Å². The largest absolute Gasteiger partial charge is 0.354 e. The maximum absolute atomic E-state index is 13.7. The zero-order valence-electron chi connectivity index (χ0n) is 21.6. The number of carbonyl (C=O) groups is 2. The van der Waals surface area contributed by atoms with E-state index in [9.17, 15) is 9.59 Å². The molecule has 0 aliphatic carbocycles. The molecule has 0 heterocycles. The van der Waals surface area contributed by atoms with Crippen molar-refractivity contribution in [3.05, 3.63) is 99.0 Å². The average molecular weight is 592 g/mol. The number of amides is 2. The molecule has 8 heteroatoms. The van der Waals surface area contributed by atoms with Crippen LogP contribution in [0.2, 0.25) is 15.1 Å². The summed E-state index contributed by atoms with van der Waals surface area (Å²) in [5, 5.41) is 4.66. The lowest BCUT2D eigenvalue weighted by Gasteiger charge is -2.32. The molecule has 0 aliphatic rings. The summed E-state index contributed by atoms with van der Waals surface area (Å²) >= 11 is 20.6. The number of hydrogen-bond acceptors (Lipinski definition) is 3. The predicted octanol–water partition coefficient (Wildman–Crippen LogP) is 7.93. The second kappa shape index (κ2) is 15.4. The second-order valence-corrected chi connectivity index (χ2v) is 11.9. The molecule has 0 bridgehead atoms. The number of carbonyl (C=O) groups excluding carboxylic acids is 2. The van der Waals surface area contributed by atoms with Gasteiger partial charge in [0.2, 0.25) is 11.8 Å². The first-order chi connectivity index (χ1) is 18.2. The minimum atomic E-state index is -0.708. The van der Waals surface area contributed by atoms with E-state index in [2.05, 4.69) is 5.32 Å². The zero-order chi connectivity index (χ0) is 27.5. The molecule has 1 N–H and O–H groups in total. The van der Waals surface area contributed by atoms with E-state index in [1.165, 1.54) is 0 Å². The zero-order valence-corrected chi connectivity index (χ0v) is 24.7. The summed E-state index contributed by atoms with van der Waals surface area (Å²) in [5.74, 6) is 0.744. The first-order valence-corrected chi connectivity index (χ1v) is 14.8. The molecular weight excluding hydrogens is 559 g/mol. The van der Waals surface area contributed by atoms with Crippen LogP contribution in [0.3, 0.4) is 0 Å². The van der Waals surface area contributed by atoms with Gasteiger partial charge in [0.1, 0.15) is 6.04 Å². The molecule has 1 atom stereocenters. The van der Waals surface area contributed by atoms with Crippen molar-refractivity contribution >= 4 is 58.4 Å². The fourth-order valence-electron chi connectivity index (χ4n) is 3.92. The first kappa shape index (κ1) is 30.4. The monoisotopic (exact) mass is 590 g/mol. The molecular formula is C30H33Cl3N2O2S. The molecule has 3 aromatic rings. The molecule has 38 heavy (non-hydrogen) atoms. The lowest BCUT2D eigenvalue weighted by atomic mass is 10.0. The van der Waals surface area contributed by atoms with E-state index < -0.39 is 6.04 Å². The number of benzene rings is 3. The van der Waals surface area contributed by atoms with E-state index >= 15 is 0 Å². The van der Waals surface area contributed by atoms with Gasteiger partial charge in [-0.3, -0.25) is 9.59 Å². The summed E-state index contributed by atoms with van der Waals surface area (Å²) in [6, 6.07) is 21.9. The van der Waals surface area contributed by atoms with Gasteiger partial charge >= 0.3 is 0 Å². The summed E-state index contributed by atoms with van der Waals surface area (Å²) < 4.78 is 0. The van der Waals surface area contributed by atoms with Crippen LogP contribution < -0.4 is 5.32 Å². The molecule has 0 aromatic heterocycles.